The third kappa shape index (κ3) is 3.80. The number of aromatic nitrogens is 1. The zero-order chi connectivity index (χ0) is 16.8. The monoisotopic (exact) mass is 323 g/mol. The van der Waals surface area contributed by atoms with Gasteiger partial charge < -0.3 is 14.0 Å². The summed E-state index contributed by atoms with van der Waals surface area (Å²) in [4.78, 5) is 0. The van der Waals surface area contributed by atoms with Crippen LogP contribution < -0.4 is 4.74 Å². The molecule has 1 heterocycles. The molecular formula is C21H25NO2. The van der Waals surface area contributed by atoms with E-state index in [2.05, 4.69) is 48.0 Å². The molecule has 3 heteroatoms. The molecule has 3 nitrogen and oxygen atoms in total. The molecule has 0 aliphatic rings. The molecule has 1 aromatic heterocycles. The predicted octanol–water partition coefficient (Wildman–Crippen LogP) is 4.82. The molecule has 3 aromatic rings. The summed E-state index contributed by atoms with van der Waals surface area (Å²) in [6, 6.07) is 16.7. The molecule has 126 valence electrons. The minimum atomic E-state index is 0.600. The number of hydrogen-bond donors (Lipinski definition) is 0. The number of nitrogens with zero attached hydrogens (tertiary/aromatic N) is 1. The van der Waals surface area contributed by atoms with E-state index in [0.29, 0.717) is 6.61 Å². The Kier molecular flexibility index (Phi) is 5.55. The van der Waals surface area contributed by atoms with Gasteiger partial charge in [0.1, 0.15) is 12.4 Å². The lowest BCUT2D eigenvalue weighted by Gasteiger charge is -2.08. The van der Waals surface area contributed by atoms with E-state index >= 15 is 0 Å². The predicted molar refractivity (Wildman–Crippen MR) is 98.6 cm³/mol. The van der Waals surface area contributed by atoms with E-state index in [1.165, 1.54) is 22.0 Å². The average molecular weight is 323 g/mol. The molecule has 24 heavy (non-hydrogen) atoms. The summed E-state index contributed by atoms with van der Waals surface area (Å²) < 4.78 is 13.5. The van der Waals surface area contributed by atoms with Crippen molar-refractivity contribution in [1.29, 1.82) is 0 Å². The first-order chi connectivity index (χ1) is 11.8. The van der Waals surface area contributed by atoms with Gasteiger partial charge in [-0.05, 0) is 42.2 Å². The van der Waals surface area contributed by atoms with Crippen molar-refractivity contribution < 1.29 is 9.47 Å². The topological polar surface area (TPSA) is 23.4 Å². The van der Waals surface area contributed by atoms with Crippen molar-refractivity contribution in [2.45, 2.75) is 32.9 Å². The van der Waals surface area contributed by atoms with E-state index in [0.717, 1.165) is 31.7 Å². The van der Waals surface area contributed by atoms with Gasteiger partial charge in [-0.1, -0.05) is 37.3 Å². The Morgan fingerprint density at radius 2 is 1.88 bits per heavy atom. The van der Waals surface area contributed by atoms with Crippen LogP contribution >= 0.6 is 0 Å². The number of benzene rings is 2. The second-order valence-electron chi connectivity index (χ2n) is 6.00. The first-order valence-corrected chi connectivity index (χ1v) is 8.59. The average Bonchev–Trinajstić information content (AvgIpc) is 2.98. The van der Waals surface area contributed by atoms with Crippen molar-refractivity contribution in [2.24, 2.45) is 0 Å². The smallest absolute Gasteiger partial charge is 0.120 e. The molecule has 2 aromatic carbocycles. The largest absolute Gasteiger partial charge is 0.489 e. The molecule has 0 bridgehead atoms. The van der Waals surface area contributed by atoms with Crippen molar-refractivity contribution in [1.82, 2.24) is 4.57 Å². The molecule has 0 spiro atoms. The number of aryl methyl sites for hydroxylation is 2. The van der Waals surface area contributed by atoms with Gasteiger partial charge in [0.05, 0.1) is 0 Å². The minimum absolute atomic E-state index is 0.600. The van der Waals surface area contributed by atoms with E-state index in [1.54, 1.807) is 7.11 Å². The van der Waals surface area contributed by atoms with Gasteiger partial charge >= 0.3 is 0 Å². The lowest BCUT2D eigenvalue weighted by Crippen LogP contribution is -2.00. The number of fused-ring (bicyclic) bond motifs is 1. The molecule has 0 aliphatic heterocycles. The fourth-order valence-corrected chi connectivity index (χ4v) is 3.03. The maximum Gasteiger partial charge on any atom is 0.120 e. The van der Waals surface area contributed by atoms with Gasteiger partial charge in [-0.15, -0.1) is 0 Å². The zero-order valence-corrected chi connectivity index (χ0v) is 14.5. The maximum atomic E-state index is 5.98. The maximum absolute atomic E-state index is 5.98. The summed E-state index contributed by atoms with van der Waals surface area (Å²) in [7, 11) is 1.75. The Bertz CT molecular complexity index is 777. The second kappa shape index (κ2) is 8.02. The Morgan fingerprint density at radius 1 is 1.04 bits per heavy atom. The van der Waals surface area contributed by atoms with Gasteiger partial charge in [0.15, 0.2) is 0 Å². The summed E-state index contributed by atoms with van der Waals surface area (Å²) in [5, 5.41) is 1.29. The van der Waals surface area contributed by atoms with Crippen LogP contribution in [0.3, 0.4) is 0 Å². The van der Waals surface area contributed by atoms with E-state index in [4.69, 9.17) is 9.47 Å². The minimum Gasteiger partial charge on any atom is -0.489 e. The van der Waals surface area contributed by atoms with Crippen LogP contribution in [0, 0.1) is 0 Å². The number of methoxy groups -OCH3 is 1. The van der Waals surface area contributed by atoms with Gasteiger partial charge in [0, 0.05) is 37.4 Å². The Labute approximate surface area is 143 Å². The van der Waals surface area contributed by atoms with Crippen LogP contribution in [0.4, 0.5) is 0 Å². The summed E-state index contributed by atoms with van der Waals surface area (Å²) in [5.74, 6) is 0.927. The van der Waals surface area contributed by atoms with E-state index < -0.39 is 0 Å². The Balaban J connectivity index is 1.79. The highest BCUT2D eigenvalue weighted by molar-refractivity contribution is 5.85. The molecule has 0 atom stereocenters. The second-order valence-corrected chi connectivity index (χ2v) is 6.00. The van der Waals surface area contributed by atoms with Gasteiger partial charge in [-0.3, -0.25) is 0 Å². The van der Waals surface area contributed by atoms with Gasteiger partial charge in [-0.2, -0.15) is 0 Å². The molecule has 0 saturated carbocycles. The summed E-state index contributed by atoms with van der Waals surface area (Å²) in [6.45, 7) is 4.57. The van der Waals surface area contributed by atoms with Crippen LogP contribution in [0.1, 0.15) is 24.5 Å². The Morgan fingerprint density at radius 3 is 2.62 bits per heavy atom. The van der Waals surface area contributed by atoms with Crippen LogP contribution in [0.2, 0.25) is 0 Å². The first-order valence-electron chi connectivity index (χ1n) is 8.59. The molecule has 0 radical (unpaired) electrons. The molecule has 3 rings (SSSR count). The van der Waals surface area contributed by atoms with Crippen molar-refractivity contribution >= 4 is 10.9 Å². The number of ether oxygens (including phenoxy) is 2. The molecule has 0 fully saturated rings. The molecule has 0 N–H and O–H groups in total. The molecular weight excluding hydrogens is 298 g/mol. The number of hydrogen-bond acceptors (Lipinski definition) is 2. The highest BCUT2D eigenvalue weighted by atomic mass is 16.5. The van der Waals surface area contributed by atoms with E-state index in [1.807, 2.05) is 18.2 Å². The zero-order valence-electron chi connectivity index (χ0n) is 14.5. The molecule has 0 unspecified atom stereocenters. The van der Waals surface area contributed by atoms with Crippen LogP contribution in [-0.4, -0.2) is 18.3 Å². The highest BCUT2D eigenvalue weighted by Crippen LogP contribution is 2.27. The normalized spacial score (nSPS) is 11.1. The van der Waals surface area contributed by atoms with E-state index in [-0.39, 0.29) is 0 Å². The third-order valence-electron chi connectivity index (χ3n) is 4.31. The van der Waals surface area contributed by atoms with Gasteiger partial charge in [0.25, 0.3) is 0 Å². The van der Waals surface area contributed by atoms with Crippen molar-refractivity contribution in [2.75, 3.05) is 13.7 Å². The summed E-state index contributed by atoms with van der Waals surface area (Å²) in [5.41, 5.74) is 3.83. The summed E-state index contributed by atoms with van der Waals surface area (Å²) >= 11 is 0. The lowest BCUT2D eigenvalue weighted by atomic mass is 10.1. The van der Waals surface area contributed by atoms with Crippen molar-refractivity contribution in [3.05, 3.63) is 65.9 Å². The van der Waals surface area contributed by atoms with Crippen LogP contribution in [0.25, 0.3) is 10.9 Å². The van der Waals surface area contributed by atoms with E-state index in [9.17, 15) is 0 Å². The summed E-state index contributed by atoms with van der Waals surface area (Å²) in [6.07, 6.45) is 4.31. The van der Waals surface area contributed by atoms with Crippen molar-refractivity contribution in [3.63, 3.8) is 0 Å². The molecule has 0 aliphatic carbocycles. The Hall–Kier alpha value is -2.26. The quantitative estimate of drug-likeness (QED) is 0.555. The lowest BCUT2D eigenvalue weighted by molar-refractivity contribution is 0.190. The standard InChI is InChI=1S/C21H25NO2/c1-3-18-15-22(12-7-13-23-2)21-11-10-19(14-20(18)21)24-16-17-8-5-4-6-9-17/h4-6,8-11,14-15H,3,7,12-13,16H2,1-2H3. The third-order valence-corrected chi connectivity index (χ3v) is 4.31. The van der Waals surface area contributed by atoms with Gasteiger partial charge in [0.2, 0.25) is 0 Å². The van der Waals surface area contributed by atoms with Gasteiger partial charge in [-0.25, -0.2) is 0 Å². The van der Waals surface area contributed by atoms with Crippen molar-refractivity contribution in [3.8, 4) is 5.75 Å². The number of rotatable bonds is 8. The first kappa shape index (κ1) is 16.6. The highest BCUT2D eigenvalue weighted by Gasteiger charge is 2.09. The van der Waals surface area contributed by atoms with Crippen LogP contribution in [0.15, 0.2) is 54.7 Å². The van der Waals surface area contributed by atoms with Crippen LogP contribution in [0.5, 0.6) is 5.75 Å². The SMILES string of the molecule is CCc1cn(CCCOC)c2ccc(OCc3ccccc3)cc12. The fourth-order valence-electron chi connectivity index (χ4n) is 3.03. The van der Waals surface area contributed by atoms with Crippen LogP contribution in [-0.2, 0) is 24.3 Å². The molecule has 0 amide bonds. The molecule has 0 saturated heterocycles. The fraction of sp³-hybridized carbons (Fsp3) is 0.333.